The van der Waals surface area contributed by atoms with Crippen LogP contribution in [0.3, 0.4) is 0 Å². The number of tetrazole rings is 1. The van der Waals surface area contributed by atoms with Crippen molar-refractivity contribution in [1.82, 2.24) is 20.2 Å². The highest BCUT2D eigenvalue weighted by atomic mass is 16.5. The summed E-state index contributed by atoms with van der Waals surface area (Å²) >= 11 is 0. The average Bonchev–Trinajstić information content (AvgIpc) is 2.77. The molecule has 0 aliphatic carbocycles. The molecule has 1 unspecified atom stereocenters. The van der Waals surface area contributed by atoms with Gasteiger partial charge in [-0.05, 0) is 22.3 Å². The lowest BCUT2D eigenvalue weighted by molar-refractivity contribution is -0.145. The summed E-state index contributed by atoms with van der Waals surface area (Å²) < 4.78 is 6.23. The second-order valence-electron chi connectivity index (χ2n) is 4.31. The van der Waals surface area contributed by atoms with Crippen molar-refractivity contribution in [3.05, 3.63) is 6.33 Å². The summed E-state index contributed by atoms with van der Waals surface area (Å²) in [7, 11) is 1.33. The van der Waals surface area contributed by atoms with Gasteiger partial charge in [0.2, 0.25) is 0 Å². The minimum Gasteiger partial charge on any atom is -0.468 e. The van der Waals surface area contributed by atoms with E-state index in [0.29, 0.717) is 13.0 Å². The van der Waals surface area contributed by atoms with Crippen molar-refractivity contribution in [1.29, 1.82) is 0 Å². The largest absolute Gasteiger partial charge is 0.468 e. The van der Waals surface area contributed by atoms with Crippen molar-refractivity contribution in [3.8, 4) is 0 Å². The van der Waals surface area contributed by atoms with Gasteiger partial charge in [0.15, 0.2) is 0 Å². The van der Waals surface area contributed by atoms with E-state index >= 15 is 0 Å². The van der Waals surface area contributed by atoms with Crippen molar-refractivity contribution < 1.29 is 9.53 Å². The summed E-state index contributed by atoms with van der Waals surface area (Å²) in [4.78, 5) is 11.3. The maximum absolute atomic E-state index is 11.3. The van der Waals surface area contributed by atoms with Gasteiger partial charge in [-0.2, -0.15) is 0 Å². The van der Waals surface area contributed by atoms with Crippen LogP contribution in [0.1, 0.15) is 20.3 Å². The third-order valence-electron chi connectivity index (χ3n) is 2.67. The van der Waals surface area contributed by atoms with Gasteiger partial charge in [-0.25, -0.2) is 4.68 Å². The normalized spacial score (nSPS) is 13.5. The molecule has 7 heteroatoms. The molecule has 0 radical (unpaired) electrons. The molecule has 0 aliphatic rings. The van der Waals surface area contributed by atoms with Crippen LogP contribution in [0.4, 0.5) is 0 Å². The Morgan fingerprint density at radius 1 is 1.62 bits per heavy atom. The molecule has 1 heterocycles. The lowest BCUT2D eigenvalue weighted by atomic mass is 9.81. The van der Waals surface area contributed by atoms with Crippen LogP contribution in [-0.2, 0) is 16.1 Å². The van der Waals surface area contributed by atoms with Crippen molar-refractivity contribution >= 4 is 5.97 Å². The number of rotatable bonds is 5. The predicted octanol–water partition coefficient (Wildman–Crippen LogP) is -0.410. The molecule has 2 N–H and O–H groups in total. The Morgan fingerprint density at radius 3 is 2.81 bits per heavy atom. The molecule has 16 heavy (non-hydrogen) atoms. The number of carbonyl (C=O) groups excluding carboxylic acids is 1. The second kappa shape index (κ2) is 5.02. The number of carbonyl (C=O) groups is 1. The molecule has 90 valence electrons. The molecule has 0 aliphatic heterocycles. The fourth-order valence-electron chi connectivity index (χ4n) is 1.29. The van der Waals surface area contributed by atoms with Crippen LogP contribution >= 0.6 is 0 Å². The van der Waals surface area contributed by atoms with Crippen LogP contribution < -0.4 is 5.73 Å². The predicted molar refractivity (Wildman–Crippen MR) is 56.2 cm³/mol. The minimum absolute atomic E-state index is 0.362. The minimum atomic E-state index is -0.644. The van der Waals surface area contributed by atoms with Crippen molar-refractivity contribution in [3.63, 3.8) is 0 Å². The van der Waals surface area contributed by atoms with Crippen LogP contribution in [0.2, 0.25) is 0 Å². The molecule has 1 aromatic rings. The van der Waals surface area contributed by atoms with Crippen LogP contribution in [0, 0.1) is 5.41 Å². The first-order chi connectivity index (χ1) is 7.47. The molecule has 0 saturated carbocycles. The highest BCUT2D eigenvalue weighted by Gasteiger charge is 2.32. The number of methoxy groups -OCH3 is 1. The molecular formula is C9H17N5O2. The monoisotopic (exact) mass is 227 g/mol. The highest BCUT2D eigenvalue weighted by molar-refractivity contribution is 5.76. The number of ether oxygens (including phenoxy) is 1. The fourth-order valence-corrected chi connectivity index (χ4v) is 1.29. The zero-order chi connectivity index (χ0) is 12.2. The van der Waals surface area contributed by atoms with Gasteiger partial charge in [-0.1, -0.05) is 13.8 Å². The van der Waals surface area contributed by atoms with E-state index in [0.717, 1.165) is 0 Å². The Labute approximate surface area is 93.9 Å². The number of esters is 1. The molecule has 0 amide bonds. The number of hydrogen-bond donors (Lipinski definition) is 1. The Morgan fingerprint density at radius 2 is 2.31 bits per heavy atom. The van der Waals surface area contributed by atoms with E-state index in [-0.39, 0.29) is 5.41 Å². The molecule has 0 saturated heterocycles. The number of aromatic nitrogens is 4. The summed E-state index contributed by atoms with van der Waals surface area (Å²) in [5.41, 5.74) is 5.45. The molecule has 0 aromatic carbocycles. The van der Waals surface area contributed by atoms with Crippen molar-refractivity contribution in [2.45, 2.75) is 32.9 Å². The van der Waals surface area contributed by atoms with Gasteiger partial charge in [0.1, 0.15) is 12.4 Å². The molecule has 0 spiro atoms. The molecule has 7 nitrogen and oxygen atoms in total. The van der Waals surface area contributed by atoms with E-state index in [4.69, 9.17) is 5.73 Å². The zero-order valence-corrected chi connectivity index (χ0v) is 9.75. The first-order valence-corrected chi connectivity index (χ1v) is 5.01. The van der Waals surface area contributed by atoms with E-state index in [2.05, 4.69) is 20.3 Å². The summed E-state index contributed by atoms with van der Waals surface area (Å²) in [5.74, 6) is -0.401. The molecule has 0 fully saturated rings. The molecular weight excluding hydrogens is 210 g/mol. The molecule has 1 aromatic heterocycles. The van der Waals surface area contributed by atoms with E-state index in [9.17, 15) is 4.79 Å². The van der Waals surface area contributed by atoms with Crippen molar-refractivity contribution in [2.75, 3.05) is 7.11 Å². The Kier molecular flexibility index (Phi) is 3.94. The van der Waals surface area contributed by atoms with E-state index in [1.54, 1.807) is 4.68 Å². The summed E-state index contributed by atoms with van der Waals surface area (Å²) in [6.45, 7) is 4.45. The fraction of sp³-hybridized carbons (Fsp3) is 0.778. The lowest BCUT2D eigenvalue weighted by Gasteiger charge is -2.29. The second-order valence-corrected chi connectivity index (χ2v) is 4.31. The quantitative estimate of drug-likeness (QED) is 0.687. The summed E-state index contributed by atoms with van der Waals surface area (Å²) in [6.07, 6.45) is 2.22. The van der Waals surface area contributed by atoms with Crippen LogP contribution in [-0.4, -0.2) is 39.3 Å². The zero-order valence-electron chi connectivity index (χ0n) is 9.75. The van der Waals surface area contributed by atoms with Crippen LogP contribution in [0.25, 0.3) is 0 Å². The van der Waals surface area contributed by atoms with Gasteiger partial charge < -0.3 is 10.5 Å². The first-order valence-electron chi connectivity index (χ1n) is 5.01. The van der Waals surface area contributed by atoms with Gasteiger partial charge in [0.05, 0.1) is 7.11 Å². The average molecular weight is 227 g/mol. The number of aryl methyl sites for hydroxylation is 1. The topological polar surface area (TPSA) is 95.9 Å². The Bertz CT molecular complexity index is 336. The summed E-state index contributed by atoms with van der Waals surface area (Å²) in [5, 5.41) is 10.8. The molecule has 1 atom stereocenters. The van der Waals surface area contributed by atoms with Crippen molar-refractivity contribution in [2.24, 2.45) is 11.1 Å². The maximum atomic E-state index is 11.3. The van der Waals surface area contributed by atoms with E-state index < -0.39 is 12.0 Å². The standard InChI is InChI=1S/C9H17N5O2/c1-9(2,7(10)8(15)16-3)4-5-14-6-11-12-13-14/h6-7H,4-5,10H2,1-3H3. The van der Waals surface area contributed by atoms with Crippen LogP contribution in [0.5, 0.6) is 0 Å². The molecule has 0 bridgehead atoms. The Balaban J connectivity index is 2.54. The number of hydrogen-bond acceptors (Lipinski definition) is 6. The van der Waals surface area contributed by atoms with Gasteiger partial charge in [0, 0.05) is 6.54 Å². The smallest absolute Gasteiger partial charge is 0.323 e. The van der Waals surface area contributed by atoms with E-state index in [1.165, 1.54) is 13.4 Å². The first kappa shape index (κ1) is 12.6. The van der Waals surface area contributed by atoms with Gasteiger partial charge in [0.25, 0.3) is 0 Å². The van der Waals surface area contributed by atoms with Crippen LogP contribution in [0.15, 0.2) is 6.33 Å². The van der Waals surface area contributed by atoms with Gasteiger partial charge in [-0.15, -0.1) is 5.10 Å². The third kappa shape index (κ3) is 2.99. The van der Waals surface area contributed by atoms with Gasteiger partial charge >= 0.3 is 5.97 Å². The molecule has 1 rings (SSSR count). The SMILES string of the molecule is COC(=O)C(N)C(C)(C)CCn1cnnn1. The lowest BCUT2D eigenvalue weighted by Crippen LogP contribution is -2.45. The number of nitrogens with zero attached hydrogens (tertiary/aromatic N) is 4. The van der Waals surface area contributed by atoms with E-state index in [1.807, 2.05) is 13.8 Å². The maximum Gasteiger partial charge on any atom is 0.323 e. The third-order valence-corrected chi connectivity index (χ3v) is 2.67. The highest BCUT2D eigenvalue weighted by Crippen LogP contribution is 2.25. The Hall–Kier alpha value is -1.50. The number of nitrogens with two attached hydrogens (primary N) is 1. The summed E-state index contributed by atoms with van der Waals surface area (Å²) in [6, 6.07) is -0.644. The van der Waals surface area contributed by atoms with Gasteiger partial charge in [-0.3, -0.25) is 4.79 Å².